The molecule has 0 saturated carbocycles. The molecule has 0 atom stereocenters. The first kappa shape index (κ1) is 15.0. The van der Waals surface area contributed by atoms with E-state index >= 15 is 0 Å². The van der Waals surface area contributed by atoms with E-state index in [9.17, 15) is 8.42 Å². The molecule has 0 unspecified atom stereocenters. The molecule has 0 spiro atoms. The summed E-state index contributed by atoms with van der Waals surface area (Å²) in [5, 5.41) is 1.95. The van der Waals surface area contributed by atoms with Gasteiger partial charge in [-0.25, -0.2) is 13.1 Å². The Morgan fingerprint density at radius 1 is 1.10 bits per heavy atom. The summed E-state index contributed by atoms with van der Waals surface area (Å²) in [6.45, 7) is 5.81. The van der Waals surface area contributed by atoms with E-state index in [1.807, 2.05) is 24.4 Å². The molecule has 0 aliphatic carbocycles. The number of hydrogen-bond donors (Lipinski definition) is 2. The molecule has 2 rings (SSSR count). The fraction of sp³-hybridized carbons (Fsp3) is 0.286. The summed E-state index contributed by atoms with van der Waals surface area (Å²) in [7, 11) is -3.61. The third-order valence-corrected chi connectivity index (χ3v) is 5.90. The second kappa shape index (κ2) is 5.55. The molecular weight excluding hydrogens is 292 g/mol. The Labute approximate surface area is 123 Å². The van der Waals surface area contributed by atoms with Crippen molar-refractivity contribution in [3.8, 4) is 0 Å². The van der Waals surface area contributed by atoms with E-state index in [-0.39, 0.29) is 4.90 Å². The highest BCUT2D eigenvalue weighted by molar-refractivity contribution is 7.89. The third-order valence-electron chi connectivity index (χ3n) is 3.27. The maximum atomic E-state index is 12.4. The number of aryl methyl sites for hydroxylation is 3. The van der Waals surface area contributed by atoms with Crippen molar-refractivity contribution in [3.63, 3.8) is 0 Å². The Hall–Kier alpha value is -1.37. The largest absolute Gasteiger partial charge is 0.397 e. The second-order valence-electron chi connectivity index (χ2n) is 4.79. The normalized spacial score (nSPS) is 11.8. The minimum atomic E-state index is -3.61. The van der Waals surface area contributed by atoms with E-state index in [4.69, 9.17) is 5.73 Å². The fourth-order valence-electron chi connectivity index (χ4n) is 1.98. The molecular formula is C14H18N2O2S2. The van der Waals surface area contributed by atoms with Gasteiger partial charge in [-0.2, -0.15) is 0 Å². The van der Waals surface area contributed by atoms with Crippen LogP contribution in [0.2, 0.25) is 0 Å². The molecule has 0 saturated heterocycles. The maximum absolute atomic E-state index is 12.4. The van der Waals surface area contributed by atoms with Gasteiger partial charge in [0.1, 0.15) is 4.90 Å². The van der Waals surface area contributed by atoms with Gasteiger partial charge in [-0.05, 0) is 48.9 Å². The topological polar surface area (TPSA) is 72.2 Å². The van der Waals surface area contributed by atoms with E-state index in [1.165, 1.54) is 11.3 Å². The molecule has 1 heterocycles. The van der Waals surface area contributed by atoms with Gasteiger partial charge in [0.15, 0.2) is 0 Å². The molecule has 0 aliphatic heterocycles. The van der Waals surface area contributed by atoms with Crippen LogP contribution in [0.4, 0.5) is 5.69 Å². The summed E-state index contributed by atoms with van der Waals surface area (Å²) >= 11 is 1.54. The second-order valence-corrected chi connectivity index (χ2v) is 7.50. The van der Waals surface area contributed by atoms with Crippen LogP contribution in [0.5, 0.6) is 0 Å². The highest BCUT2D eigenvalue weighted by atomic mass is 32.2. The minimum Gasteiger partial charge on any atom is -0.397 e. The van der Waals surface area contributed by atoms with Gasteiger partial charge in [0.05, 0.1) is 5.69 Å². The highest BCUT2D eigenvalue weighted by Crippen LogP contribution is 2.26. The van der Waals surface area contributed by atoms with Gasteiger partial charge in [0, 0.05) is 11.4 Å². The molecule has 4 nitrogen and oxygen atoms in total. The lowest BCUT2D eigenvalue weighted by Crippen LogP contribution is -2.25. The van der Waals surface area contributed by atoms with Crippen molar-refractivity contribution in [2.75, 3.05) is 5.73 Å². The lowest BCUT2D eigenvalue weighted by molar-refractivity contribution is 0.581. The number of nitrogen functional groups attached to an aromatic ring is 1. The predicted octanol–water partition coefficient (Wildman–Crippen LogP) is 2.73. The molecule has 1 aromatic carbocycles. The molecule has 0 aliphatic rings. The Morgan fingerprint density at radius 2 is 1.75 bits per heavy atom. The van der Waals surface area contributed by atoms with Gasteiger partial charge < -0.3 is 5.73 Å². The van der Waals surface area contributed by atoms with Gasteiger partial charge in [0.25, 0.3) is 0 Å². The SMILES string of the molecule is Cc1ccsc1CNS(=O)(=O)c1c(C)ccc(C)c1N. The highest BCUT2D eigenvalue weighted by Gasteiger charge is 2.21. The molecule has 20 heavy (non-hydrogen) atoms. The molecule has 6 heteroatoms. The van der Waals surface area contributed by atoms with Crippen LogP contribution >= 0.6 is 11.3 Å². The Balaban J connectivity index is 2.32. The average molecular weight is 310 g/mol. The van der Waals surface area contributed by atoms with Crippen LogP contribution in [-0.4, -0.2) is 8.42 Å². The summed E-state index contributed by atoms with van der Waals surface area (Å²) in [6.07, 6.45) is 0. The van der Waals surface area contributed by atoms with Crippen molar-refractivity contribution >= 4 is 27.0 Å². The van der Waals surface area contributed by atoms with Crippen LogP contribution in [0.3, 0.4) is 0 Å². The number of rotatable bonds is 4. The first-order valence-electron chi connectivity index (χ1n) is 6.21. The molecule has 0 fully saturated rings. The van der Waals surface area contributed by atoms with Crippen LogP contribution in [-0.2, 0) is 16.6 Å². The molecule has 0 amide bonds. The van der Waals surface area contributed by atoms with E-state index in [0.717, 1.165) is 16.0 Å². The van der Waals surface area contributed by atoms with Gasteiger partial charge in [-0.3, -0.25) is 0 Å². The van der Waals surface area contributed by atoms with E-state index in [0.29, 0.717) is 17.8 Å². The van der Waals surface area contributed by atoms with Crippen molar-refractivity contribution < 1.29 is 8.42 Å². The lowest BCUT2D eigenvalue weighted by Gasteiger charge is -2.13. The number of sulfonamides is 1. The average Bonchev–Trinajstić information content (AvgIpc) is 2.77. The Bertz CT molecular complexity index is 734. The lowest BCUT2D eigenvalue weighted by atomic mass is 10.1. The Morgan fingerprint density at radius 3 is 2.35 bits per heavy atom. The molecule has 3 N–H and O–H groups in total. The van der Waals surface area contributed by atoms with Gasteiger partial charge >= 0.3 is 0 Å². The van der Waals surface area contributed by atoms with Gasteiger partial charge in [0.2, 0.25) is 10.0 Å². The number of hydrogen-bond acceptors (Lipinski definition) is 4. The molecule has 1 aromatic heterocycles. The zero-order chi connectivity index (χ0) is 14.9. The van der Waals surface area contributed by atoms with Crippen LogP contribution in [0.25, 0.3) is 0 Å². The fourth-order valence-corrected chi connectivity index (χ4v) is 4.34. The summed E-state index contributed by atoms with van der Waals surface area (Å²) in [5.41, 5.74) is 8.76. The first-order chi connectivity index (χ1) is 9.33. The first-order valence-corrected chi connectivity index (χ1v) is 8.57. The number of anilines is 1. The van der Waals surface area contributed by atoms with Crippen molar-refractivity contribution in [2.45, 2.75) is 32.2 Å². The summed E-state index contributed by atoms with van der Waals surface area (Å²) in [6, 6.07) is 5.57. The predicted molar refractivity (Wildman–Crippen MR) is 83.4 cm³/mol. The maximum Gasteiger partial charge on any atom is 0.243 e. The molecule has 0 bridgehead atoms. The zero-order valence-electron chi connectivity index (χ0n) is 11.7. The van der Waals surface area contributed by atoms with Crippen molar-refractivity contribution in [3.05, 3.63) is 45.1 Å². The van der Waals surface area contributed by atoms with E-state index in [1.54, 1.807) is 19.9 Å². The number of thiophene rings is 1. The van der Waals surface area contributed by atoms with Crippen LogP contribution in [0, 0.1) is 20.8 Å². The van der Waals surface area contributed by atoms with E-state index in [2.05, 4.69) is 4.72 Å². The van der Waals surface area contributed by atoms with E-state index < -0.39 is 10.0 Å². The third kappa shape index (κ3) is 2.87. The van der Waals surface area contributed by atoms with Gasteiger partial charge in [-0.1, -0.05) is 12.1 Å². The van der Waals surface area contributed by atoms with Crippen LogP contribution in [0.15, 0.2) is 28.5 Å². The van der Waals surface area contributed by atoms with Crippen molar-refractivity contribution in [1.29, 1.82) is 0 Å². The van der Waals surface area contributed by atoms with Crippen molar-refractivity contribution in [2.24, 2.45) is 0 Å². The number of nitrogens with one attached hydrogen (secondary N) is 1. The number of benzene rings is 1. The summed E-state index contributed by atoms with van der Waals surface area (Å²) in [5.74, 6) is 0. The van der Waals surface area contributed by atoms with Crippen molar-refractivity contribution in [1.82, 2.24) is 4.72 Å². The summed E-state index contributed by atoms with van der Waals surface area (Å²) < 4.78 is 27.5. The molecule has 2 aromatic rings. The monoisotopic (exact) mass is 310 g/mol. The molecule has 0 radical (unpaired) electrons. The smallest absolute Gasteiger partial charge is 0.243 e. The number of nitrogens with two attached hydrogens (primary N) is 1. The Kier molecular flexibility index (Phi) is 4.17. The zero-order valence-corrected chi connectivity index (χ0v) is 13.4. The standard InChI is InChI=1S/C14H18N2O2S2/c1-9-6-7-19-12(9)8-16-20(17,18)14-11(3)5-4-10(2)13(14)15/h4-7,16H,8,15H2,1-3H3. The quantitative estimate of drug-likeness (QED) is 0.853. The molecule has 108 valence electrons. The van der Waals surface area contributed by atoms with Crippen LogP contribution < -0.4 is 10.5 Å². The van der Waals surface area contributed by atoms with Crippen LogP contribution in [0.1, 0.15) is 21.6 Å². The summed E-state index contributed by atoms with van der Waals surface area (Å²) in [4.78, 5) is 1.20. The van der Waals surface area contributed by atoms with Gasteiger partial charge in [-0.15, -0.1) is 11.3 Å². The minimum absolute atomic E-state index is 0.187.